The Bertz CT molecular complexity index is 803. The quantitative estimate of drug-likeness (QED) is 0.514. The van der Waals surface area contributed by atoms with Crippen LogP contribution in [0, 0.1) is 29.1 Å². The number of nitrogens with zero attached hydrogens (tertiary/aromatic N) is 1. The second-order valence-electron chi connectivity index (χ2n) is 9.34. The molecule has 1 aliphatic rings. The lowest BCUT2D eigenvalue weighted by Crippen LogP contribution is -2.44. The van der Waals surface area contributed by atoms with E-state index in [-0.39, 0.29) is 29.9 Å². The van der Waals surface area contributed by atoms with E-state index >= 15 is 0 Å². The van der Waals surface area contributed by atoms with Crippen molar-refractivity contribution in [3.05, 3.63) is 15.8 Å². The van der Waals surface area contributed by atoms with Gasteiger partial charge in [0.05, 0.1) is 17.7 Å². The first-order valence-electron chi connectivity index (χ1n) is 10.8. The number of ether oxygens (including phenoxy) is 1. The second kappa shape index (κ2) is 10.5. The molecule has 6 heteroatoms. The van der Waals surface area contributed by atoms with Crippen molar-refractivity contribution in [2.75, 3.05) is 18.6 Å². The van der Waals surface area contributed by atoms with Crippen molar-refractivity contribution < 1.29 is 19.4 Å². The minimum Gasteiger partial charge on any atom is -0.465 e. The fraction of sp³-hybridized carbons (Fsp3) is 0.667. The molecule has 30 heavy (non-hydrogen) atoms. The molecule has 1 heterocycles. The van der Waals surface area contributed by atoms with Gasteiger partial charge in [-0.2, -0.15) is 0 Å². The maximum absolute atomic E-state index is 13.6. The summed E-state index contributed by atoms with van der Waals surface area (Å²) in [5.74, 6) is 6.48. The molecule has 1 amide bonds. The molecule has 1 aromatic rings. The number of aliphatic hydroxyl groups excluding tert-OH is 1. The third-order valence-corrected chi connectivity index (χ3v) is 6.51. The number of amides is 1. The van der Waals surface area contributed by atoms with Crippen LogP contribution in [0.15, 0.2) is 6.07 Å². The van der Waals surface area contributed by atoms with E-state index in [4.69, 9.17) is 4.74 Å². The molecule has 0 aliphatic heterocycles. The number of aliphatic hydroxyl groups is 1. The number of carbonyl (C=O) groups excluding carboxylic acids is 2. The monoisotopic (exact) mass is 433 g/mol. The van der Waals surface area contributed by atoms with Gasteiger partial charge in [0, 0.05) is 24.0 Å². The van der Waals surface area contributed by atoms with Crippen LogP contribution in [0.25, 0.3) is 0 Å². The largest absolute Gasteiger partial charge is 0.465 e. The van der Waals surface area contributed by atoms with Gasteiger partial charge < -0.3 is 14.7 Å². The first kappa shape index (κ1) is 24.4. The Balaban J connectivity index is 2.49. The highest BCUT2D eigenvalue weighted by Crippen LogP contribution is 2.37. The van der Waals surface area contributed by atoms with Crippen LogP contribution in [0.3, 0.4) is 0 Å². The van der Waals surface area contributed by atoms with Crippen LogP contribution in [0.4, 0.5) is 5.69 Å². The summed E-state index contributed by atoms with van der Waals surface area (Å²) < 4.78 is 5.00. The van der Waals surface area contributed by atoms with Gasteiger partial charge in [0.1, 0.15) is 4.88 Å². The number of esters is 1. The van der Waals surface area contributed by atoms with Gasteiger partial charge in [-0.15, -0.1) is 11.3 Å². The predicted molar refractivity (Wildman–Crippen MR) is 122 cm³/mol. The van der Waals surface area contributed by atoms with Gasteiger partial charge in [-0.3, -0.25) is 4.79 Å². The summed E-state index contributed by atoms with van der Waals surface area (Å²) in [6, 6.07) is 1.59. The molecule has 1 aromatic heterocycles. The molecule has 1 fully saturated rings. The van der Waals surface area contributed by atoms with Crippen LogP contribution in [0.5, 0.6) is 0 Å². The van der Waals surface area contributed by atoms with E-state index < -0.39 is 5.97 Å². The van der Waals surface area contributed by atoms with E-state index in [2.05, 4.69) is 18.8 Å². The molecule has 166 valence electrons. The van der Waals surface area contributed by atoms with E-state index in [1.54, 1.807) is 4.90 Å². The van der Waals surface area contributed by atoms with Gasteiger partial charge in [0.25, 0.3) is 0 Å². The molecule has 0 spiro atoms. The molecule has 0 radical (unpaired) electrons. The van der Waals surface area contributed by atoms with Gasteiger partial charge in [0.2, 0.25) is 5.91 Å². The fourth-order valence-electron chi connectivity index (χ4n) is 3.70. The first-order valence-corrected chi connectivity index (χ1v) is 11.6. The number of anilines is 1. The number of hydrogen-bond donors (Lipinski definition) is 1. The Morgan fingerprint density at radius 1 is 1.30 bits per heavy atom. The zero-order valence-electron chi connectivity index (χ0n) is 19.1. The minimum absolute atomic E-state index is 0.0268. The molecule has 5 nitrogen and oxygen atoms in total. The van der Waals surface area contributed by atoms with Crippen molar-refractivity contribution in [3.8, 4) is 11.8 Å². The van der Waals surface area contributed by atoms with E-state index in [1.807, 2.05) is 33.8 Å². The topological polar surface area (TPSA) is 66.8 Å². The molecular formula is C24H35NO4S. The summed E-state index contributed by atoms with van der Waals surface area (Å²) in [7, 11) is 1.35. The van der Waals surface area contributed by atoms with Crippen LogP contribution in [-0.2, 0) is 9.53 Å². The number of carbonyl (C=O) groups is 2. The fourth-order valence-corrected chi connectivity index (χ4v) is 4.62. The molecule has 2 rings (SSSR count). The predicted octanol–water partition coefficient (Wildman–Crippen LogP) is 4.86. The zero-order valence-corrected chi connectivity index (χ0v) is 19.9. The Morgan fingerprint density at radius 2 is 1.93 bits per heavy atom. The summed E-state index contributed by atoms with van der Waals surface area (Å²) in [5, 5.41) is 9.51. The van der Waals surface area contributed by atoms with E-state index in [9.17, 15) is 14.7 Å². The molecule has 1 saturated carbocycles. The average Bonchev–Trinajstić information content (AvgIpc) is 3.10. The molecule has 0 unspecified atom stereocenters. The van der Waals surface area contributed by atoms with Crippen LogP contribution in [0.1, 0.15) is 81.3 Å². The Morgan fingerprint density at radius 3 is 2.47 bits per heavy atom. The lowest BCUT2D eigenvalue weighted by Gasteiger charge is -2.34. The Labute approximate surface area is 184 Å². The van der Waals surface area contributed by atoms with Gasteiger partial charge in [-0.1, -0.05) is 18.8 Å². The number of rotatable bonds is 6. The third-order valence-electron chi connectivity index (χ3n) is 5.49. The summed E-state index contributed by atoms with van der Waals surface area (Å²) in [6.45, 7) is 10.2. The van der Waals surface area contributed by atoms with Crippen LogP contribution in [-0.4, -0.2) is 36.7 Å². The highest BCUT2D eigenvalue weighted by molar-refractivity contribution is 7.15. The number of hydrogen-bond acceptors (Lipinski definition) is 5. The number of thiophene rings is 1. The van der Waals surface area contributed by atoms with Crippen LogP contribution < -0.4 is 4.90 Å². The van der Waals surface area contributed by atoms with E-state index in [0.717, 1.165) is 30.6 Å². The lowest BCUT2D eigenvalue weighted by atomic mass is 9.82. The van der Waals surface area contributed by atoms with Crippen molar-refractivity contribution in [3.63, 3.8) is 0 Å². The molecule has 0 saturated heterocycles. The van der Waals surface area contributed by atoms with E-state index in [0.29, 0.717) is 22.9 Å². The zero-order chi connectivity index (χ0) is 22.5. The smallest absolute Gasteiger partial charge is 0.350 e. The van der Waals surface area contributed by atoms with Crippen LogP contribution in [0.2, 0.25) is 0 Å². The Hall–Kier alpha value is -1.84. The minimum atomic E-state index is -0.468. The SMILES string of the molecule is COC(=O)c1sc(C#CC(C)(C)C)cc1N(C(=O)C1CCC(C)CC1)[C@@H](C)CCO. The lowest BCUT2D eigenvalue weighted by molar-refractivity contribution is -0.124. The van der Waals surface area contributed by atoms with Crippen molar-refractivity contribution in [2.24, 2.45) is 17.3 Å². The van der Waals surface area contributed by atoms with Gasteiger partial charge in [-0.05, 0) is 71.8 Å². The average molecular weight is 434 g/mol. The molecule has 1 N–H and O–H groups in total. The summed E-state index contributed by atoms with van der Waals surface area (Å²) in [4.78, 5) is 28.9. The first-order chi connectivity index (χ1) is 14.1. The molecule has 0 bridgehead atoms. The maximum atomic E-state index is 13.6. The Kier molecular flexibility index (Phi) is 8.52. The number of methoxy groups -OCH3 is 1. The van der Waals surface area contributed by atoms with Crippen molar-refractivity contribution >= 4 is 28.9 Å². The van der Waals surface area contributed by atoms with Gasteiger partial charge >= 0.3 is 5.97 Å². The van der Waals surface area contributed by atoms with Crippen LogP contribution >= 0.6 is 11.3 Å². The third kappa shape index (κ3) is 6.33. The highest BCUT2D eigenvalue weighted by Gasteiger charge is 2.34. The summed E-state index contributed by atoms with van der Waals surface area (Å²) in [5.41, 5.74) is 0.378. The molecule has 0 aromatic carbocycles. The summed E-state index contributed by atoms with van der Waals surface area (Å²) >= 11 is 1.26. The second-order valence-corrected chi connectivity index (χ2v) is 10.4. The normalized spacial score (nSPS) is 20.1. The standard InChI is InChI=1S/C24H35NO4S/c1-16-7-9-18(10-8-16)22(27)25(17(2)12-14-26)20-15-19(11-13-24(3,4)5)30-21(20)23(28)29-6/h15-18,26H,7-10,12,14H2,1-6H3/t16?,17-,18?/m0/s1. The van der Waals surface area contributed by atoms with Crippen molar-refractivity contribution in [1.82, 2.24) is 0 Å². The molecule has 1 atom stereocenters. The summed E-state index contributed by atoms with van der Waals surface area (Å²) in [6.07, 6.45) is 4.23. The molecule has 1 aliphatic carbocycles. The van der Waals surface area contributed by atoms with Gasteiger partial charge in [-0.25, -0.2) is 4.79 Å². The highest BCUT2D eigenvalue weighted by atomic mass is 32.1. The van der Waals surface area contributed by atoms with Crippen molar-refractivity contribution in [2.45, 2.75) is 72.8 Å². The van der Waals surface area contributed by atoms with Crippen molar-refractivity contribution in [1.29, 1.82) is 0 Å². The maximum Gasteiger partial charge on any atom is 0.350 e. The molecular weight excluding hydrogens is 398 g/mol. The van der Waals surface area contributed by atoms with E-state index in [1.165, 1.54) is 18.4 Å². The van der Waals surface area contributed by atoms with Gasteiger partial charge in [0.15, 0.2) is 0 Å².